The molecule has 5 rings (SSSR count). The van der Waals surface area contributed by atoms with Crippen LogP contribution in [0.2, 0.25) is 5.02 Å². The van der Waals surface area contributed by atoms with Crippen LogP contribution in [0.4, 0.5) is 0 Å². The van der Waals surface area contributed by atoms with Crippen molar-refractivity contribution < 1.29 is 28.8 Å². The fourth-order valence-electron chi connectivity index (χ4n) is 4.79. The highest BCUT2D eigenvalue weighted by Gasteiger charge is 2.34. The maximum absolute atomic E-state index is 14.0. The van der Waals surface area contributed by atoms with E-state index in [2.05, 4.69) is 4.99 Å². The van der Waals surface area contributed by atoms with Gasteiger partial charge in [-0.05, 0) is 60.9 Å². The van der Waals surface area contributed by atoms with Crippen molar-refractivity contribution in [3.05, 3.63) is 113 Å². The van der Waals surface area contributed by atoms with Crippen LogP contribution in [-0.4, -0.2) is 36.5 Å². The Bertz CT molecular complexity index is 1900. The highest BCUT2D eigenvalue weighted by Crippen LogP contribution is 2.40. The minimum atomic E-state index is -0.923. The molecule has 3 aromatic carbocycles. The van der Waals surface area contributed by atoms with Crippen molar-refractivity contribution in [2.45, 2.75) is 26.5 Å². The van der Waals surface area contributed by atoms with Crippen LogP contribution in [0.5, 0.6) is 23.0 Å². The van der Waals surface area contributed by atoms with E-state index < -0.39 is 12.0 Å². The van der Waals surface area contributed by atoms with Crippen molar-refractivity contribution in [1.82, 2.24) is 4.57 Å². The number of benzene rings is 3. The third kappa shape index (κ3) is 6.02. The van der Waals surface area contributed by atoms with E-state index in [1.807, 2.05) is 36.4 Å². The number of esters is 1. The second kappa shape index (κ2) is 12.8. The fraction of sp³-hybridized carbons (Fsp3) is 0.219. The number of halogens is 1. The van der Waals surface area contributed by atoms with Gasteiger partial charge in [0.2, 0.25) is 0 Å². The Morgan fingerprint density at radius 3 is 2.51 bits per heavy atom. The third-order valence-corrected chi connectivity index (χ3v) is 8.10. The predicted octanol–water partition coefficient (Wildman–Crippen LogP) is 4.75. The summed E-state index contributed by atoms with van der Waals surface area (Å²) in [7, 11) is 2.94. The van der Waals surface area contributed by atoms with Gasteiger partial charge < -0.3 is 24.1 Å². The minimum absolute atomic E-state index is 0.0102. The van der Waals surface area contributed by atoms with Crippen LogP contribution in [0.25, 0.3) is 6.08 Å². The Kier molecular flexibility index (Phi) is 8.89. The summed E-state index contributed by atoms with van der Waals surface area (Å²) in [5, 5.41) is 10.3. The lowest BCUT2D eigenvalue weighted by atomic mass is 9.95. The zero-order valence-electron chi connectivity index (χ0n) is 23.9. The number of fused-ring (bicyclic) bond motifs is 1. The van der Waals surface area contributed by atoms with Gasteiger partial charge in [-0.25, -0.2) is 9.79 Å². The smallest absolute Gasteiger partial charge is 0.338 e. The molecule has 1 N–H and O–H groups in total. The summed E-state index contributed by atoms with van der Waals surface area (Å²) >= 11 is 7.51. The number of hydrogen-bond acceptors (Lipinski definition) is 9. The summed E-state index contributed by atoms with van der Waals surface area (Å²) in [5.74, 6) is 0.328. The second-order valence-electron chi connectivity index (χ2n) is 9.54. The number of phenolic OH excluding ortho intramolecular Hbond substituents is 1. The highest BCUT2D eigenvalue weighted by atomic mass is 35.5. The maximum atomic E-state index is 14.0. The average Bonchev–Trinajstić information content (AvgIpc) is 3.31. The molecule has 0 fully saturated rings. The lowest BCUT2D eigenvalue weighted by Gasteiger charge is -2.25. The third-order valence-electron chi connectivity index (χ3n) is 6.83. The molecule has 4 aromatic rings. The van der Waals surface area contributed by atoms with Gasteiger partial charge in [0.25, 0.3) is 5.56 Å². The minimum Gasteiger partial charge on any atom is -0.503 e. The van der Waals surface area contributed by atoms with Crippen LogP contribution in [-0.2, 0) is 16.1 Å². The van der Waals surface area contributed by atoms with E-state index in [-0.39, 0.29) is 34.3 Å². The van der Waals surface area contributed by atoms with Crippen LogP contribution in [0.1, 0.15) is 36.6 Å². The van der Waals surface area contributed by atoms with E-state index in [4.69, 9.17) is 30.5 Å². The van der Waals surface area contributed by atoms with Crippen molar-refractivity contribution in [3.8, 4) is 23.0 Å². The summed E-state index contributed by atoms with van der Waals surface area (Å²) in [6, 6.07) is 17.3. The SMILES string of the molecule is CCOC(=O)C1=C(C)N=c2s/c(=C\c3ccc(OCc4ccccc4)c(OC)c3)c(=O)n2[C@H]1c1cc(Cl)c(O)c(OC)c1. The summed E-state index contributed by atoms with van der Waals surface area (Å²) in [4.78, 5) is 32.1. The van der Waals surface area contributed by atoms with Crippen LogP contribution in [0.3, 0.4) is 0 Å². The first-order chi connectivity index (χ1) is 20.7. The van der Waals surface area contributed by atoms with E-state index in [0.717, 1.165) is 5.56 Å². The molecule has 1 aliphatic heterocycles. The van der Waals surface area contributed by atoms with Crippen LogP contribution in [0, 0.1) is 0 Å². The van der Waals surface area contributed by atoms with Crippen LogP contribution < -0.4 is 29.1 Å². The Hall–Kier alpha value is -4.54. The Balaban J connectivity index is 1.60. The predicted molar refractivity (Wildman–Crippen MR) is 164 cm³/mol. The van der Waals surface area contributed by atoms with Crippen molar-refractivity contribution >= 4 is 35.0 Å². The summed E-state index contributed by atoms with van der Waals surface area (Å²) in [5.41, 5.74) is 2.41. The number of methoxy groups -OCH3 is 2. The molecule has 9 nitrogen and oxygen atoms in total. The highest BCUT2D eigenvalue weighted by molar-refractivity contribution is 7.07. The molecule has 1 aliphatic rings. The lowest BCUT2D eigenvalue weighted by Crippen LogP contribution is -2.40. The number of aromatic hydroxyl groups is 1. The van der Waals surface area contributed by atoms with E-state index in [1.165, 1.54) is 29.1 Å². The zero-order chi connectivity index (χ0) is 30.7. The van der Waals surface area contributed by atoms with Gasteiger partial charge in [-0.3, -0.25) is 9.36 Å². The normalized spacial score (nSPS) is 14.6. The molecular formula is C32H29ClN2O7S. The molecular weight excluding hydrogens is 592 g/mol. The van der Waals surface area contributed by atoms with Crippen molar-refractivity contribution in [3.63, 3.8) is 0 Å². The molecule has 11 heteroatoms. The average molecular weight is 621 g/mol. The topological polar surface area (TPSA) is 109 Å². The number of allylic oxidation sites excluding steroid dienone is 1. The molecule has 1 aromatic heterocycles. The van der Waals surface area contributed by atoms with Crippen molar-refractivity contribution in [1.29, 1.82) is 0 Å². The zero-order valence-corrected chi connectivity index (χ0v) is 25.5. The molecule has 0 aliphatic carbocycles. The Morgan fingerprint density at radius 2 is 1.81 bits per heavy atom. The number of hydrogen-bond donors (Lipinski definition) is 1. The Labute approximate surface area is 256 Å². The van der Waals surface area contributed by atoms with E-state index in [9.17, 15) is 14.7 Å². The van der Waals surface area contributed by atoms with Gasteiger partial charge in [0.15, 0.2) is 27.8 Å². The van der Waals surface area contributed by atoms with Gasteiger partial charge in [0.05, 0.1) is 47.7 Å². The van der Waals surface area contributed by atoms with Crippen molar-refractivity contribution in [2.75, 3.05) is 20.8 Å². The monoisotopic (exact) mass is 620 g/mol. The number of rotatable bonds is 9. The van der Waals surface area contributed by atoms with Gasteiger partial charge >= 0.3 is 5.97 Å². The molecule has 0 saturated carbocycles. The number of ether oxygens (including phenoxy) is 4. The molecule has 2 heterocycles. The summed E-state index contributed by atoms with van der Waals surface area (Å²) < 4.78 is 24.0. The van der Waals surface area contributed by atoms with E-state index in [0.29, 0.717) is 44.3 Å². The number of thiazole rings is 1. The molecule has 1 atom stereocenters. The second-order valence-corrected chi connectivity index (χ2v) is 11.0. The van der Waals surface area contributed by atoms with Crippen LogP contribution in [0.15, 0.2) is 81.7 Å². The maximum Gasteiger partial charge on any atom is 0.338 e. The van der Waals surface area contributed by atoms with Crippen molar-refractivity contribution in [2.24, 2.45) is 4.99 Å². The molecule has 0 saturated heterocycles. The number of nitrogens with zero attached hydrogens (tertiary/aromatic N) is 2. The first kappa shape index (κ1) is 29.9. The first-order valence-corrected chi connectivity index (χ1v) is 14.6. The Morgan fingerprint density at radius 1 is 1.07 bits per heavy atom. The quantitative estimate of drug-likeness (QED) is 0.269. The largest absolute Gasteiger partial charge is 0.503 e. The van der Waals surface area contributed by atoms with Gasteiger partial charge in [-0.15, -0.1) is 0 Å². The van der Waals surface area contributed by atoms with Gasteiger partial charge in [-0.2, -0.15) is 0 Å². The summed E-state index contributed by atoms with van der Waals surface area (Å²) in [6.45, 7) is 3.90. The molecule has 0 amide bonds. The number of carbonyl (C=O) groups excluding carboxylic acids is 1. The number of carbonyl (C=O) groups is 1. The van der Waals surface area contributed by atoms with E-state index >= 15 is 0 Å². The molecule has 0 radical (unpaired) electrons. The lowest BCUT2D eigenvalue weighted by molar-refractivity contribution is -0.139. The van der Waals surface area contributed by atoms with E-state index in [1.54, 1.807) is 45.2 Å². The van der Waals surface area contributed by atoms with Gasteiger partial charge in [-0.1, -0.05) is 59.3 Å². The molecule has 0 spiro atoms. The first-order valence-electron chi connectivity index (χ1n) is 13.4. The van der Waals surface area contributed by atoms with Gasteiger partial charge in [0.1, 0.15) is 6.61 Å². The van der Waals surface area contributed by atoms with Crippen LogP contribution >= 0.6 is 22.9 Å². The fourth-order valence-corrected chi connectivity index (χ4v) is 6.06. The standard InChI is InChI=1S/C32H29ClN2O7S/c1-5-41-31(38)27-18(2)34-32-35(28(27)21-15-22(33)29(36)25(16-21)40-4)30(37)26(43-32)14-20-11-12-23(24(13-20)39-3)42-17-19-9-7-6-8-10-19/h6-16,28,36H,5,17H2,1-4H3/b26-14-/t28-/m0/s1. The van der Waals surface area contributed by atoms with Gasteiger partial charge in [0, 0.05) is 0 Å². The summed E-state index contributed by atoms with van der Waals surface area (Å²) in [6.07, 6.45) is 1.73. The number of aromatic nitrogens is 1. The molecule has 222 valence electrons. The molecule has 43 heavy (non-hydrogen) atoms. The molecule has 0 bridgehead atoms. The number of phenols is 1. The molecule has 0 unspecified atom stereocenters.